The van der Waals surface area contributed by atoms with Gasteiger partial charge in [0.1, 0.15) is 13.2 Å². The standard InChI is InChI=1S/C19H24ClN3O3/c1-21(19(26)14-5-3-2-4-6-14)11-17(24)22-12-18(25)23(13-22)16-9-7-15(20)8-10-16/h7-10,14H,2-6,11-13H2,1H3. The number of likely N-dealkylation sites (N-methyl/N-ethyl adjacent to an activating group) is 1. The van der Waals surface area contributed by atoms with Crippen molar-refractivity contribution >= 4 is 35.0 Å². The molecule has 1 aliphatic heterocycles. The minimum absolute atomic E-state index is 0.0110. The van der Waals surface area contributed by atoms with Gasteiger partial charge in [-0.3, -0.25) is 19.3 Å². The summed E-state index contributed by atoms with van der Waals surface area (Å²) in [6.07, 6.45) is 5.15. The van der Waals surface area contributed by atoms with Crippen LogP contribution in [0.1, 0.15) is 32.1 Å². The zero-order chi connectivity index (χ0) is 18.7. The number of carbonyl (C=O) groups excluding carboxylic acids is 3. The van der Waals surface area contributed by atoms with Gasteiger partial charge in [0.15, 0.2) is 0 Å². The number of rotatable bonds is 4. The van der Waals surface area contributed by atoms with Gasteiger partial charge >= 0.3 is 0 Å². The lowest BCUT2D eigenvalue weighted by molar-refractivity contribution is -0.142. The first-order valence-electron chi connectivity index (χ1n) is 9.04. The third-order valence-corrected chi connectivity index (χ3v) is 5.39. The fraction of sp³-hybridized carbons (Fsp3) is 0.526. The van der Waals surface area contributed by atoms with E-state index in [0.29, 0.717) is 10.7 Å². The lowest BCUT2D eigenvalue weighted by atomic mass is 9.88. The highest BCUT2D eigenvalue weighted by atomic mass is 35.5. The molecule has 1 aromatic rings. The first kappa shape index (κ1) is 18.7. The smallest absolute Gasteiger partial charge is 0.248 e. The maximum atomic E-state index is 12.6. The van der Waals surface area contributed by atoms with E-state index in [4.69, 9.17) is 11.6 Å². The Balaban J connectivity index is 1.57. The van der Waals surface area contributed by atoms with Crippen LogP contribution in [0.15, 0.2) is 24.3 Å². The molecule has 0 radical (unpaired) electrons. The molecular formula is C19H24ClN3O3. The second-order valence-corrected chi connectivity index (χ2v) is 7.50. The summed E-state index contributed by atoms with van der Waals surface area (Å²) < 4.78 is 0. The van der Waals surface area contributed by atoms with E-state index in [1.54, 1.807) is 36.2 Å². The molecule has 26 heavy (non-hydrogen) atoms. The van der Waals surface area contributed by atoms with Gasteiger partial charge in [-0.2, -0.15) is 0 Å². The highest BCUT2D eigenvalue weighted by Crippen LogP contribution is 2.25. The van der Waals surface area contributed by atoms with E-state index in [0.717, 1.165) is 25.7 Å². The number of nitrogens with zero attached hydrogens (tertiary/aromatic N) is 3. The Bertz CT molecular complexity index is 686. The minimum Gasteiger partial charge on any atom is -0.336 e. The van der Waals surface area contributed by atoms with Crippen LogP contribution in [-0.4, -0.2) is 54.3 Å². The van der Waals surface area contributed by atoms with Crippen molar-refractivity contribution in [2.45, 2.75) is 32.1 Å². The molecule has 7 heteroatoms. The van der Waals surface area contributed by atoms with Crippen LogP contribution in [0.2, 0.25) is 5.02 Å². The van der Waals surface area contributed by atoms with Crippen LogP contribution < -0.4 is 4.90 Å². The Kier molecular flexibility index (Phi) is 5.81. The molecule has 0 spiro atoms. The van der Waals surface area contributed by atoms with Gasteiger partial charge in [0.05, 0.1) is 6.54 Å². The molecule has 0 unspecified atom stereocenters. The number of halogens is 1. The molecule has 3 rings (SSSR count). The third-order valence-electron chi connectivity index (χ3n) is 5.13. The van der Waals surface area contributed by atoms with Gasteiger partial charge in [-0.25, -0.2) is 0 Å². The van der Waals surface area contributed by atoms with Crippen LogP contribution in [0.5, 0.6) is 0 Å². The van der Waals surface area contributed by atoms with Gasteiger partial charge in [0.2, 0.25) is 17.7 Å². The molecule has 1 saturated heterocycles. The van der Waals surface area contributed by atoms with Crippen molar-refractivity contribution in [3.63, 3.8) is 0 Å². The first-order valence-corrected chi connectivity index (χ1v) is 9.42. The SMILES string of the molecule is CN(CC(=O)N1CC(=O)N(c2ccc(Cl)cc2)C1)C(=O)C1CCCCC1. The van der Waals surface area contributed by atoms with E-state index in [1.807, 2.05) is 0 Å². The van der Waals surface area contributed by atoms with Crippen LogP contribution in [-0.2, 0) is 14.4 Å². The molecule has 0 atom stereocenters. The van der Waals surface area contributed by atoms with Crippen molar-refractivity contribution < 1.29 is 14.4 Å². The zero-order valence-electron chi connectivity index (χ0n) is 15.0. The summed E-state index contributed by atoms with van der Waals surface area (Å²) in [5, 5.41) is 0.594. The molecule has 0 aromatic heterocycles. The maximum Gasteiger partial charge on any atom is 0.248 e. The molecule has 2 fully saturated rings. The number of hydrogen-bond donors (Lipinski definition) is 0. The van der Waals surface area contributed by atoms with Gasteiger partial charge in [-0.1, -0.05) is 30.9 Å². The van der Waals surface area contributed by atoms with Crippen LogP contribution >= 0.6 is 11.6 Å². The predicted octanol–water partition coefficient (Wildman–Crippen LogP) is 2.51. The topological polar surface area (TPSA) is 60.9 Å². The first-order chi connectivity index (χ1) is 12.5. The van der Waals surface area contributed by atoms with Gasteiger partial charge < -0.3 is 9.80 Å². The Morgan fingerprint density at radius 1 is 1.15 bits per heavy atom. The third kappa shape index (κ3) is 4.18. The summed E-state index contributed by atoms with van der Waals surface area (Å²) in [5.41, 5.74) is 0.710. The van der Waals surface area contributed by atoms with Gasteiger partial charge in [0.25, 0.3) is 0 Å². The van der Waals surface area contributed by atoms with Crippen molar-refractivity contribution in [2.24, 2.45) is 5.92 Å². The highest BCUT2D eigenvalue weighted by Gasteiger charge is 2.33. The summed E-state index contributed by atoms with van der Waals surface area (Å²) in [4.78, 5) is 41.9. The van der Waals surface area contributed by atoms with E-state index in [9.17, 15) is 14.4 Å². The monoisotopic (exact) mass is 377 g/mol. The van der Waals surface area contributed by atoms with E-state index < -0.39 is 0 Å². The van der Waals surface area contributed by atoms with E-state index in [1.165, 1.54) is 16.2 Å². The number of hydrogen-bond acceptors (Lipinski definition) is 3. The largest absolute Gasteiger partial charge is 0.336 e. The Labute approximate surface area is 158 Å². The van der Waals surface area contributed by atoms with E-state index in [2.05, 4.69) is 0 Å². The molecule has 2 aliphatic rings. The molecule has 1 aromatic carbocycles. The molecule has 140 valence electrons. The molecule has 1 saturated carbocycles. The molecule has 3 amide bonds. The number of carbonyl (C=O) groups is 3. The fourth-order valence-electron chi connectivity index (χ4n) is 3.60. The lowest BCUT2D eigenvalue weighted by Crippen LogP contribution is -2.43. The summed E-state index contributed by atoms with van der Waals surface area (Å²) >= 11 is 5.88. The van der Waals surface area contributed by atoms with Gasteiger partial charge in [0, 0.05) is 23.7 Å². The summed E-state index contributed by atoms with van der Waals surface area (Å²) in [6.45, 7) is 0.245. The number of amides is 3. The van der Waals surface area contributed by atoms with E-state index in [-0.39, 0.29) is 43.4 Å². The van der Waals surface area contributed by atoms with Crippen LogP contribution in [0, 0.1) is 5.92 Å². The van der Waals surface area contributed by atoms with Crippen LogP contribution in [0.4, 0.5) is 5.69 Å². The number of benzene rings is 1. The molecule has 1 heterocycles. The second kappa shape index (κ2) is 8.08. The average molecular weight is 378 g/mol. The predicted molar refractivity (Wildman–Crippen MR) is 99.7 cm³/mol. The van der Waals surface area contributed by atoms with E-state index >= 15 is 0 Å². The summed E-state index contributed by atoms with van der Waals surface area (Å²) in [7, 11) is 1.67. The molecule has 1 aliphatic carbocycles. The van der Waals surface area contributed by atoms with Crippen LogP contribution in [0.25, 0.3) is 0 Å². The van der Waals surface area contributed by atoms with Gasteiger partial charge in [-0.05, 0) is 37.1 Å². The summed E-state index contributed by atoms with van der Waals surface area (Å²) in [6, 6.07) is 6.94. The maximum absolute atomic E-state index is 12.6. The highest BCUT2D eigenvalue weighted by molar-refractivity contribution is 6.30. The molecule has 0 bridgehead atoms. The van der Waals surface area contributed by atoms with Gasteiger partial charge in [-0.15, -0.1) is 0 Å². The van der Waals surface area contributed by atoms with Crippen molar-refractivity contribution in [3.8, 4) is 0 Å². The van der Waals surface area contributed by atoms with Crippen molar-refractivity contribution in [1.29, 1.82) is 0 Å². The van der Waals surface area contributed by atoms with Crippen molar-refractivity contribution in [2.75, 3.05) is 31.7 Å². The molecule has 0 N–H and O–H groups in total. The quantitative estimate of drug-likeness (QED) is 0.810. The fourth-order valence-corrected chi connectivity index (χ4v) is 3.73. The van der Waals surface area contributed by atoms with Crippen LogP contribution in [0.3, 0.4) is 0 Å². The Morgan fingerprint density at radius 2 is 1.81 bits per heavy atom. The second-order valence-electron chi connectivity index (χ2n) is 7.06. The minimum atomic E-state index is -0.207. The molecule has 6 nitrogen and oxygen atoms in total. The average Bonchev–Trinajstić information content (AvgIpc) is 3.04. The summed E-state index contributed by atoms with van der Waals surface area (Å²) in [5.74, 6) is -0.270. The number of anilines is 1. The molecular weight excluding hydrogens is 354 g/mol. The van der Waals surface area contributed by atoms with Crippen molar-refractivity contribution in [3.05, 3.63) is 29.3 Å². The lowest BCUT2D eigenvalue weighted by Gasteiger charge is -2.27. The Hall–Kier alpha value is -2.08. The normalized spacial score (nSPS) is 18.3. The van der Waals surface area contributed by atoms with Crippen molar-refractivity contribution in [1.82, 2.24) is 9.80 Å². The zero-order valence-corrected chi connectivity index (χ0v) is 15.7. The Morgan fingerprint density at radius 3 is 2.46 bits per heavy atom.